The summed E-state index contributed by atoms with van der Waals surface area (Å²) >= 11 is 0. The van der Waals surface area contributed by atoms with E-state index in [4.69, 9.17) is 4.74 Å². The van der Waals surface area contributed by atoms with Gasteiger partial charge in [0.1, 0.15) is 5.75 Å². The molecule has 0 atom stereocenters. The molecule has 7 nitrogen and oxygen atoms in total. The molecule has 7 heteroatoms. The van der Waals surface area contributed by atoms with E-state index in [0.29, 0.717) is 28.2 Å². The molecule has 24 heavy (non-hydrogen) atoms. The first-order valence-corrected chi connectivity index (χ1v) is 7.16. The van der Waals surface area contributed by atoms with Gasteiger partial charge < -0.3 is 20.1 Å². The number of nitrogens with one attached hydrogen (secondary N) is 2. The van der Waals surface area contributed by atoms with Gasteiger partial charge in [0.2, 0.25) is 5.88 Å². The number of pyridine rings is 1. The van der Waals surface area contributed by atoms with Crippen molar-refractivity contribution >= 4 is 28.3 Å². The number of anilines is 1. The van der Waals surface area contributed by atoms with Crippen molar-refractivity contribution in [3.63, 3.8) is 0 Å². The summed E-state index contributed by atoms with van der Waals surface area (Å²) in [4.78, 5) is 31.8. The molecule has 0 radical (unpaired) electrons. The van der Waals surface area contributed by atoms with Crippen molar-refractivity contribution in [1.29, 1.82) is 0 Å². The maximum absolute atomic E-state index is 12.6. The molecule has 2 aromatic heterocycles. The Kier molecular flexibility index (Phi) is 3.91. The van der Waals surface area contributed by atoms with Crippen LogP contribution in [0.15, 0.2) is 36.5 Å². The lowest BCUT2D eigenvalue weighted by atomic mass is 10.1. The van der Waals surface area contributed by atoms with Gasteiger partial charge >= 0.3 is 0 Å². The monoisotopic (exact) mass is 325 g/mol. The number of carbonyl (C=O) groups is 2. The smallest absolute Gasteiger partial charge is 0.296 e. The van der Waals surface area contributed by atoms with E-state index in [1.54, 1.807) is 19.1 Å². The Morgan fingerprint density at radius 2 is 2.04 bits per heavy atom. The minimum absolute atomic E-state index is 0.0230. The number of methoxy groups -OCH3 is 1. The van der Waals surface area contributed by atoms with Crippen LogP contribution in [0.4, 0.5) is 5.69 Å². The molecule has 0 unspecified atom stereocenters. The molecule has 1 amide bonds. The van der Waals surface area contributed by atoms with Crippen molar-refractivity contribution < 1.29 is 19.4 Å². The number of aromatic hydroxyl groups is 1. The number of phenols is 1. The van der Waals surface area contributed by atoms with Crippen molar-refractivity contribution in [2.45, 2.75) is 6.92 Å². The van der Waals surface area contributed by atoms with Gasteiger partial charge in [-0.15, -0.1) is 0 Å². The van der Waals surface area contributed by atoms with E-state index >= 15 is 0 Å². The molecule has 0 aliphatic heterocycles. The Morgan fingerprint density at radius 3 is 2.79 bits per heavy atom. The second-order valence-corrected chi connectivity index (χ2v) is 5.23. The third-order valence-electron chi connectivity index (χ3n) is 3.60. The second kappa shape index (κ2) is 6.04. The number of amides is 1. The van der Waals surface area contributed by atoms with Crippen molar-refractivity contribution in [1.82, 2.24) is 9.97 Å². The highest BCUT2D eigenvalue weighted by Crippen LogP contribution is 2.26. The summed E-state index contributed by atoms with van der Waals surface area (Å²) in [6.07, 6.45) is 1.47. The number of aryl methyl sites for hydroxylation is 1. The van der Waals surface area contributed by atoms with Crippen LogP contribution in [0.1, 0.15) is 16.1 Å². The molecule has 0 aliphatic carbocycles. The second-order valence-electron chi connectivity index (χ2n) is 5.23. The van der Waals surface area contributed by atoms with Crippen LogP contribution in [-0.4, -0.2) is 33.9 Å². The van der Waals surface area contributed by atoms with E-state index in [0.717, 1.165) is 0 Å². The van der Waals surface area contributed by atoms with Gasteiger partial charge in [-0.3, -0.25) is 9.59 Å². The zero-order valence-corrected chi connectivity index (χ0v) is 13.1. The lowest BCUT2D eigenvalue weighted by molar-refractivity contribution is -0.112. The van der Waals surface area contributed by atoms with Gasteiger partial charge in [0.15, 0.2) is 0 Å². The molecule has 3 rings (SSSR count). The number of rotatable bonds is 4. The number of ketones is 1. The van der Waals surface area contributed by atoms with Crippen LogP contribution >= 0.6 is 0 Å². The zero-order chi connectivity index (χ0) is 17.3. The predicted molar refractivity (Wildman–Crippen MR) is 88.4 cm³/mol. The number of benzene rings is 1. The lowest BCUT2D eigenvalue weighted by Gasteiger charge is -2.06. The van der Waals surface area contributed by atoms with Gasteiger partial charge in [-0.05, 0) is 31.2 Å². The van der Waals surface area contributed by atoms with Crippen molar-refractivity contribution in [2.75, 3.05) is 12.4 Å². The molecular weight excluding hydrogens is 310 g/mol. The Balaban J connectivity index is 1.92. The standard InChI is InChI=1S/C17H15N3O4/c1-9-15(12-8-11(21)3-4-13(12)19-9)16(22)17(23)20-10-5-6-18-14(7-10)24-2/h3-8,19,21H,1-2H3,(H,18,20,23). The molecule has 0 aliphatic rings. The third-order valence-corrected chi connectivity index (χ3v) is 3.60. The average molecular weight is 325 g/mol. The van der Waals surface area contributed by atoms with Crippen LogP contribution in [0.5, 0.6) is 11.6 Å². The third kappa shape index (κ3) is 2.79. The molecule has 3 N–H and O–H groups in total. The summed E-state index contributed by atoms with van der Waals surface area (Å²) in [7, 11) is 1.46. The van der Waals surface area contributed by atoms with Gasteiger partial charge in [-0.25, -0.2) is 4.98 Å². The minimum Gasteiger partial charge on any atom is -0.508 e. The first-order valence-electron chi connectivity index (χ1n) is 7.16. The molecule has 0 spiro atoms. The van der Waals surface area contributed by atoms with Crippen LogP contribution in [0.25, 0.3) is 10.9 Å². The molecule has 0 fully saturated rings. The Bertz CT molecular complexity index is 946. The summed E-state index contributed by atoms with van der Waals surface area (Å²) in [5, 5.41) is 12.7. The Hall–Kier alpha value is -3.35. The minimum atomic E-state index is -0.782. The van der Waals surface area contributed by atoms with E-state index < -0.39 is 11.7 Å². The van der Waals surface area contributed by atoms with E-state index in [2.05, 4.69) is 15.3 Å². The fourth-order valence-corrected chi connectivity index (χ4v) is 2.51. The molecule has 0 bridgehead atoms. The number of carbonyl (C=O) groups excluding carboxylic acids is 2. The largest absolute Gasteiger partial charge is 0.508 e. The average Bonchev–Trinajstić information content (AvgIpc) is 2.89. The Labute approximate surface area is 137 Å². The van der Waals surface area contributed by atoms with Gasteiger partial charge in [0, 0.05) is 34.5 Å². The highest BCUT2D eigenvalue weighted by atomic mass is 16.5. The van der Waals surface area contributed by atoms with Gasteiger partial charge in [-0.1, -0.05) is 0 Å². The quantitative estimate of drug-likeness (QED) is 0.505. The summed E-state index contributed by atoms with van der Waals surface area (Å²) in [5.41, 5.74) is 1.87. The Morgan fingerprint density at radius 1 is 1.25 bits per heavy atom. The lowest BCUT2D eigenvalue weighted by Crippen LogP contribution is -2.23. The van der Waals surface area contributed by atoms with Crippen LogP contribution in [0, 0.1) is 6.92 Å². The molecule has 122 valence electrons. The number of nitrogens with zero attached hydrogens (tertiary/aromatic N) is 1. The van der Waals surface area contributed by atoms with Crippen LogP contribution in [0.3, 0.4) is 0 Å². The number of ether oxygens (including phenoxy) is 1. The number of Topliss-reactive ketones (excluding diaryl/α,β-unsaturated/α-hetero) is 1. The van der Waals surface area contributed by atoms with Gasteiger partial charge in [-0.2, -0.15) is 0 Å². The zero-order valence-electron chi connectivity index (χ0n) is 13.1. The maximum Gasteiger partial charge on any atom is 0.296 e. The number of aromatic amines is 1. The van der Waals surface area contributed by atoms with E-state index in [1.807, 2.05) is 0 Å². The SMILES string of the molecule is COc1cc(NC(=O)C(=O)c2c(C)[nH]c3ccc(O)cc23)ccn1. The van der Waals surface area contributed by atoms with Crippen molar-refractivity contribution in [3.05, 3.63) is 47.8 Å². The fraction of sp³-hybridized carbons (Fsp3) is 0.118. The molecule has 0 saturated heterocycles. The fourth-order valence-electron chi connectivity index (χ4n) is 2.51. The number of aromatic nitrogens is 2. The van der Waals surface area contributed by atoms with Gasteiger partial charge in [0.25, 0.3) is 11.7 Å². The normalized spacial score (nSPS) is 10.6. The van der Waals surface area contributed by atoms with Crippen LogP contribution in [-0.2, 0) is 4.79 Å². The summed E-state index contributed by atoms with van der Waals surface area (Å²) < 4.78 is 4.98. The first kappa shape index (κ1) is 15.5. The van der Waals surface area contributed by atoms with E-state index in [-0.39, 0.29) is 11.3 Å². The molecule has 0 saturated carbocycles. The highest BCUT2D eigenvalue weighted by molar-refractivity contribution is 6.48. The molecule has 3 aromatic rings. The number of hydrogen-bond acceptors (Lipinski definition) is 5. The number of fused-ring (bicyclic) bond motifs is 1. The molecular formula is C17H15N3O4. The van der Waals surface area contributed by atoms with Crippen LogP contribution < -0.4 is 10.1 Å². The molecule has 1 aromatic carbocycles. The number of H-pyrrole nitrogens is 1. The van der Waals surface area contributed by atoms with Gasteiger partial charge in [0.05, 0.1) is 12.7 Å². The van der Waals surface area contributed by atoms with E-state index in [1.165, 1.54) is 31.5 Å². The maximum atomic E-state index is 12.6. The first-order chi connectivity index (χ1) is 11.5. The number of hydrogen-bond donors (Lipinski definition) is 3. The summed E-state index contributed by atoms with van der Waals surface area (Å²) in [6, 6.07) is 7.69. The topological polar surface area (TPSA) is 104 Å². The van der Waals surface area contributed by atoms with Crippen LogP contribution in [0.2, 0.25) is 0 Å². The molecule has 2 heterocycles. The number of phenolic OH excluding ortho intramolecular Hbond substituents is 1. The summed E-state index contributed by atoms with van der Waals surface area (Å²) in [5.74, 6) is -1.13. The highest BCUT2D eigenvalue weighted by Gasteiger charge is 2.23. The summed E-state index contributed by atoms with van der Waals surface area (Å²) in [6.45, 7) is 1.70. The van der Waals surface area contributed by atoms with Crippen molar-refractivity contribution in [2.24, 2.45) is 0 Å². The predicted octanol–water partition coefficient (Wildman–Crippen LogP) is 2.41. The van der Waals surface area contributed by atoms with E-state index in [9.17, 15) is 14.7 Å². The van der Waals surface area contributed by atoms with Crippen molar-refractivity contribution in [3.8, 4) is 11.6 Å².